The van der Waals surface area contributed by atoms with Gasteiger partial charge in [0.2, 0.25) is 0 Å². The van der Waals surface area contributed by atoms with E-state index in [1.807, 2.05) is 4.83 Å². The second kappa shape index (κ2) is 7.62. The van der Waals surface area contributed by atoms with Crippen LogP contribution >= 0.6 is 11.3 Å². The van der Waals surface area contributed by atoms with Crippen LogP contribution in [-0.2, 0) is 22.9 Å². The molecular weight excluding hydrogens is 394 g/mol. The average molecular weight is 411 g/mol. The fourth-order valence-electron chi connectivity index (χ4n) is 2.83. The Kier molecular flexibility index (Phi) is 5.44. The van der Waals surface area contributed by atoms with Crippen molar-refractivity contribution in [2.75, 3.05) is 0 Å². The minimum Gasteiger partial charge on any atom is -0.502 e. The highest BCUT2D eigenvalue weighted by atomic mass is 32.2. The Morgan fingerprint density at radius 2 is 1.93 bits per heavy atom. The number of carbonyl (C=O) groups is 1. The maximum Gasteiger partial charge on any atom is 0.312 e. The highest BCUT2D eigenvalue weighted by molar-refractivity contribution is 7.89. The summed E-state index contributed by atoms with van der Waals surface area (Å²) in [6, 6.07) is 4.41. The summed E-state index contributed by atoms with van der Waals surface area (Å²) in [6.07, 6.45) is 5.11. The molecule has 1 aliphatic rings. The summed E-state index contributed by atoms with van der Waals surface area (Å²) in [6.45, 7) is 0. The lowest BCUT2D eigenvalue weighted by atomic mass is 10.1. The third-order valence-corrected chi connectivity index (χ3v) is 6.70. The molecule has 11 heteroatoms. The molecule has 0 fully saturated rings. The fraction of sp³-hybridized carbons (Fsp3) is 0.312. The Morgan fingerprint density at radius 1 is 1.19 bits per heavy atom. The van der Waals surface area contributed by atoms with Gasteiger partial charge in [-0.05, 0) is 49.4 Å². The number of nitro groups is 1. The van der Waals surface area contributed by atoms with Crippen molar-refractivity contribution in [2.45, 2.75) is 37.0 Å². The molecule has 0 radical (unpaired) electrons. The van der Waals surface area contributed by atoms with Crippen LogP contribution in [0.5, 0.6) is 5.75 Å². The molecule has 0 spiro atoms. The van der Waals surface area contributed by atoms with E-state index in [0.717, 1.165) is 60.7 Å². The number of fused-ring (bicyclic) bond motifs is 1. The van der Waals surface area contributed by atoms with Crippen LogP contribution in [0.2, 0.25) is 0 Å². The van der Waals surface area contributed by atoms with Crippen LogP contribution in [0.25, 0.3) is 0 Å². The number of hydrogen-bond donors (Lipinski definition) is 3. The Bertz CT molecular complexity index is 976. The van der Waals surface area contributed by atoms with E-state index in [0.29, 0.717) is 4.88 Å². The lowest BCUT2D eigenvalue weighted by molar-refractivity contribution is -0.386. The van der Waals surface area contributed by atoms with E-state index in [9.17, 15) is 28.4 Å². The SMILES string of the molecule is O=C(NNS(=O)(=O)c1ccc(O)c([N+](=O)[O-])c1)c1cc2c(s1)CCCCC2. The number of aryl methyl sites for hydroxylation is 2. The third kappa shape index (κ3) is 4.26. The van der Waals surface area contributed by atoms with Gasteiger partial charge in [-0.2, -0.15) is 0 Å². The van der Waals surface area contributed by atoms with Gasteiger partial charge >= 0.3 is 5.69 Å². The normalized spacial score (nSPS) is 14.2. The molecule has 0 aliphatic heterocycles. The fourth-order valence-corrected chi connectivity index (χ4v) is 4.84. The van der Waals surface area contributed by atoms with Crippen molar-refractivity contribution in [1.29, 1.82) is 0 Å². The molecule has 0 atom stereocenters. The number of benzene rings is 1. The molecule has 2 aromatic rings. The summed E-state index contributed by atoms with van der Waals surface area (Å²) in [5, 5.41) is 20.2. The molecule has 9 nitrogen and oxygen atoms in total. The molecule has 1 heterocycles. The van der Waals surface area contributed by atoms with Crippen molar-refractivity contribution in [3.05, 3.63) is 49.7 Å². The number of nitrogens with one attached hydrogen (secondary N) is 2. The first-order chi connectivity index (χ1) is 12.8. The van der Waals surface area contributed by atoms with Gasteiger partial charge in [0.1, 0.15) is 0 Å². The number of hydrogen-bond acceptors (Lipinski definition) is 7. The number of hydrazine groups is 1. The minimum absolute atomic E-state index is 0.404. The van der Waals surface area contributed by atoms with Crippen LogP contribution in [-0.4, -0.2) is 24.4 Å². The predicted molar refractivity (Wildman–Crippen MR) is 98.1 cm³/mol. The Labute approximate surface area is 159 Å². The second-order valence-electron chi connectivity index (χ2n) is 6.09. The van der Waals surface area contributed by atoms with Crippen LogP contribution < -0.4 is 10.3 Å². The number of thiophene rings is 1. The molecule has 1 aromatic carbocycles. The first-order valence-electron chi connectivity index (χ1n) is 8.19. The molecule has 3 N–H and O–H groups in total. The lowest BCUT2D eigenvalue weighted by Gasteiger charge is -2.08. The predicted octanol–water partition coefficient (Wildman–Crippen LogP) is 2.25. The first kappa shape index (κ1) is 19.3. The molecule has 1 aliphatic carbocycles. The number of phenols is 1. The van der Waals surface area contributed by atoms with Gasteiger partial charge in [0.05, 0.1) is 14.7 Å². The average Bonchev–Trinajstić information content (AvgIpc) is 2.90. The molecule has 0 saturated carbocycles. The van der Waals surface area contributed by atoms with Crippen LogP contribution in [0.15, 0.2) is 29.2 Å². The molecule has 0 bridgehead atoms. The summed E-state index contributed by atoms with van der Waals surface area (Å²) in [7, 11) is -4.24. The molecule has 3 rings (SSSR count). The number of nitrogens with zero attached hydrogens (tertiary/aromatic N) is 1. The van der Waals surface area contributed by atoms with Gasteiger partial charge in [-0.3, -0.25) is 20.3 Å². The number of sulfonamides is 1. The quantitative estimate of drug-likeness (QED) is 0.392. The van der Waals surface area contributed by atoms with Gasteiger partial charge < -0.3 is 5.11 Å². The molecule has 0 saturated heterocycles. The Balaban J connectivity index is 1.73. The van der Waals surface area contributed by atoms with E-state index < -0.39 is 37.2 Å². The standard InChI is InChI=1S/C16H17N3O6S2/c20-13-7-6-11(9-12(13)19(22)23)27(24,25)18-17-16(21)15-8-10-4-2-1-3-5-14(10)26-15/h6-9,18,20H,1-5H2,(H,17,21). The van der Waals surface area contributed by atoms with Crippen molar-refractivity contribution >= 4 is 33.0 Å². The summed E-state index contributed by atoms with van der Waals surface area (Å²) >= 11 is 1.34. The lowest BCUT2D eigenvalue weighted by Crippen LogP contribution is -2.41. The van der Waals surface area contributed by atoms with Gasteiger partial charge in [0, 0.05) is 10.9 Å². The van der Waals surface area contributed by atoms with E-state index in [-0.39, 0.29) is 0 Å². The molecule has 0 unspecified atom stereocenters. The largest absolute Gasteiger partial charge is 0.502 e. The van der Waals surface area contributed by atoms with Crippen LogP contribution in [0, 0.1) is 10.1 Å². The minimum atomic E-state index is -4.24. The summed E-state index contributed by atoms with van der Waals surface area (Å²) in [5.41, 5.74) is 2.51. The highest BCUT2D eigenvalue weighted by Crippen LogP contribution is 2.29. The van der Waals surface area contributed by atoms with Crippen molar-refractivity contribution in [3.63, 3.8) is 0 Å². The maximum absolute atomic E-state index is 12.3. The van der Waals surface area contributed by atoms with Crippen molar-refractivity contribution in [2.24, 2.45) is 0 Å². The number of amides is 1. The highest BCUT2D eigenvalue weighted by Gasteiger charge is 2.23. The monoisotopic (exact) mass is 411 g/mol. The third-order valence-electron chi connectivity index (χ3n) is 4.22. The zero-order chi connectivity index (χ0) is 19.6. The zero-order valence-electron chi connectivity index (χ0n) is 14.1. The summed E-state index contributed by atoms with van der Waals surface area (Å²) in [5.74, 6) is -1.24. The number of phenolic OH excluding ortho intramolecular Hbond substituents is 1. The molecule has 144 valence electrons. The van der Waals surface area contributed by atoms with Gasteiger partial charge in [-0.25, -0.2) is 8.42 Å². The van der Waals surface area contributed by atoms with Crippen LogP contribution in [0.3, 0.4) is 0 Å². The summed E-state index contributed by atoms with van der Waals surface area (Å²) in [4.78, 5) is 25.2. The van der Waals surface area contributed by atoms with Gasteiger partial charge in [0.15, 0.2) is 5.75 Å². The molecule has 1 amide bonds. The summed E-state index contributed by atoms with van der Waals surface area (Å²) < 4.78 is 24.5. The zero-order valence-corrected chi connectivity index (χ0v) is 15.7. The van der Waals surface area contributed by atoms with Gasteiger partial charge in [-0.15, -0.1) is 16.2 Å². The molecule has 1 aromatic heterocycles. The smallest absolute Gasteiger partial charge is 0.312 e. The molecular formula is C16H17N3O6S2. The topological polar surface area (TPSA) is 139 Å². The Morgan fingerprint density at radius 3 is 2.67 bits per heavy atom. The van der Waals surface area contributed by atoms with Crippen molar-refractivity contribution < 1.29 is 23.2 Å². The van der Waals surface area contributed by atoms with E-state index >= 15 is 0 Å². The van der Waals surface area contributed by atoms with E-state index in [4.69, 9.17) is 0 Å². The van der Waals surface area contributed by atoms with Gasteiger partial charge in [0.25, 0.3) is 15.9 Å². The van der Waals surface area contributed by atoms with Crippen molar-refractivity contribution in [3.8, 4) is 5.75 Å². The van der Waals surface area contributed by atoms with Crippen molar-refractivity contribution in [1.82, 2.24) is 10.3 Å². The number of carbonyl (C=O) groups excluding carboxylic acids is 1. The first-order valence-corrected chi connectivity index (χ1v) is 10.5. The number of nitro benzene ring substituents is 1. The second-order valence-corrected chi connectivity index (χ2v) is 8.91. The van der Waals surface area contributed by atoms with Crippen LogP contribution in [0.4, 0.5) is 5.69 Å². The maximum atomic E-state index is 12.3. The van der Waals surface area contributed by atoms with Crippen LogP contribution in [0.1, 0.15) is 39.4 Å². The molecule has 27 heavy (non-hydrogen) atoms. The number of aromatic hydroxyl groups is 1. The number of rotatable bonds is 5. The van der Waals surface area contributed by atoms with Gasteiger partial charge in [-0.1, -0.05) is 6.42 Å². The Hall–Kier alpha value is -2.50. The van der Waals surface area contributed by atoms with E-state index in [2.05, 4.69) is 5.43 Å². The van der Waals surface area contributed by atoms with E-state index in [1.165, 1.54) is 11.3 Å². The van der Waals surface area contributed by atoms with E-state index in [1.54, 1.807) is 6.07 Å².